The highest BCUT2D eigenvalue weighted by Gasteiger charge is 2.22. The summed E-state index contributed by atoms with van der Waals surface area (Å²) in [5, 5.41) is 19.1. The van der Waals surface area contributed by atoms with Crippen molar-refractivity contribution in [2.75, 3.05) is 14.1 Å². The number of nitriles is 1. The summed E-state index contributed by atoms with van der Waals surface area (Å²) in [5.41, 5.74) is 3.02. The van der Waals surface area contributed by atoms with Crippen molar-refractivity contribution in [3.05, 3.63) is 77.1 Å². The molecule has 3 aromatic rings. The fraction of sp³-hybridized carbons (Fsp3) is 0.318. The molecule has 0 fully saturated rings. The van der Waals surface area contributed by atoms with Crippen LogP contribution in [0.25, 0.3) is 0 Å². The van der Waals surface area contributed by atoms with Crippen molar-refractivity contribution >= 4 is 11.8 Å². The van der Waals surface area contributed by atoms with Crippen LogP contribution in [0.15, 0.2) is 59.8 Å². The Bertz CT molecular complexity index is 943. The molecule has 144 valence electrons. The molecule has 6 heteroatoms. The van der Waals surface area contributed by atoms with E-state index in [0.717, 1.165) is 35.3 Å². The highest BCUT2D eigenvalue weighted by molar-refractivity contribution is 7.98. The van der Waals surface area contributed by atoms with Gasteiger partial charge in [0.05, 0.1) is 24.2 Å². The van der Waals surface area contributed by atoms with E-state index in [9.17, 15) is 0 Å². The van der Waals surface area contributed by atoms with Crippen molar-refractivity contribution < 1.29 is 0 Å². The van der Waals surface area contributed by atoms with Crippen LogP contribution >= 0.6 is 11.8 Å². The molecule has 0 aliphatic carbocycles. The Hall–Kier alpha value is -2.62. The van der Waals surface area contributed by atoms with Gasteiger partial charge in [-0.3, -0.25) is 4.90 Å². The van der Waals surface area contributed by atoms with Crippen molar-refractivity contribution in [1.29, 1.82) is 5.26 Å². The second-order valence-corrected chi connectivity index (χ2v) is 7.84. The minimum atomic E-state index is 0.215. The molecule has 0 amide bonds. The second-order valence-electron chi connectivity index (χ2n) is 6.90. The SMILES string of the molecule is CC[C@@H](c1nnc(SCc2cccc(C#N)c2)n1Cc1ccccc1)N(C)C. The average Bonchev–Trinajstić information content (AvgIpc) is 3.10. The molecule has 0 spiro atoms. The Morgan fingerprint density at radius 3 is 2.50 bits per heavy atom. The van der Waals surface area contributed by atoms with Gasteiger partial charge in [0.15, 0.2) is 11.0 Å². The van der Waals surface area contributed by atoms with E-state index < -0.39 is 0 Å². The molecule has 3 rings (SSSR count). The molecule has 0 saturated heterocycles. The van der Waals surface area contributed by atoms with Crippen LogP contribution in [-0.4, -0.2) is 33.8 Å². The number of hydrogen-bond acceptors (Lipinski definition) is 5. The van der Waals surface area contributed by atoms with Crippen LogP contribution in [0.1, 0.15) is 41.9 Å². The molecule has 2 aromatic carbocycles. The predicted molar refractivity (Wildman–Crippen MR) is 113 cm³/mol. The van der Waals surface area contributed by atoms with E-state index in [1.165, 1.54) is 5.56 Å². The van der Waals surface area contributed by atoms with E-state index in [2.05, 4.69) is 71.0 Å². The van der Waals surface area contributed by atoms with E-state index in [1.807, 2.05) is 30.3 Å². The monoisotopic (exact) mass is 391 g/mol. The standard InChI is InChI=1S/C22H25N5S/c1-4-20(26(2)3)21-24-25-22(27(21)15-17-9-6-5-7-10-17)28-16-19-12-8-11-18(13-19)14-23/h5-13,20H,4,15-16H2,1-3H3/t20-/m0/s1. The van der Waals surface area contributed by atoms with Gasteiger partial charge in [-0.1, -0.05) is 61.2 Å². The molecule has 1 atom stereocenters. The van der Waals surface area contributed by atoms with Gasteiger partial charge in [-0.2, -0.15) is 5.26 Å². The molecule has 1 aromatic heterocycles. The van der Waals surface area contributed by atoms with Gasteiger partial charge in [-0.05, 0) is 43.8 Å². The first-order valence-electron chi connectivity index (χ1n) is 9.37. The quantitative estimate of drug-likeness (QED) is 0.529. The van der Waals surface area contributed by atoms with E-state index in [-0.39, 0.29) is 6.04 Å². The topological polar surface area (TPSA) is 57.7 Å². The third kappa shape index (κ3) is 4.80. The first kappa shape index (κ1) is 20.1. The van der Waals surface area contributed by atoms with Crippen LogP contribution in [0.4, 0.5) is 0 Å². The molecular formula is C22H25N5S. The Labute approximate surface area is 171 Å². The van der Waals surface area contributed by atoms with Gasteiger partial charge in [0.25, 0.3) is 0 Å². The zero-order valence-electron chi connectivity index (χ0n) is 16.5. The normalized spacial score (nSPS) is 12.1. The highest BCUT2D eigenvalue weighted by atomic mass is 32.2. The van der Waals surface area contributed by atoms with Crippen molar-refractivity contribution in [2.45, 2.75) is 36.8 Å². The summed E-state index contributed by atoms with van der Waals surface area (Å²) in [6, 6.07) is 20.5. The summed E-state index contributed by atoms with van der Waals surface area (Å²) in [6.07, 6.45) is 0.967. The molecule has 0 aliphatic heterocycles. The lowest BCUT2D eigenvalue weighted by atomic mass is 10.2. The first-order valence-corrected chi connectivity index (χ1v) is 10.4. The van der Waals surface area contributed by atoms with E-state index in [4.69, 9.17) is 5.26 Å². The average molecular weight is 392 g/mol. The van der Waals surface area contributed by atoms with E-state index in [1.54, 1.807) is 11.8 Å². The molecule has 0 saturated carbocycles. The van der Waals surface area contributed by atoms with Crippen LogP contribution in [0.3, 0.4) is 0 Å². The molecule has 28 heavy (non-hydrogen) atoms. The second kappa shape index (κ2) is 9.54. The molecule has 1 heterocycles. The summed E-state index contributed by atoms with van der Waals surface area (Å²) in [6.45, 7) is 2.92. The minimum Gasteiger partial charge on any atom is -0.300 e. The zero-order valence-corrected chi connectivity index (χ0v) is 17.4. The van der Waals surface area contributed by atoms with Crippen LogP contribution in [-0.2, 0) is 12.3 Å². The van der Waals surface area contributed by atoms with Crippen molar-refractivity contribution in [2.24, 2.45) is 0 Å². The molecule has 5 nitrogen and oxygen atoms in total. The Balaban J connectivity index is 1.89. The van der Waals surface area contributed by atoms with Gasteiger partial charge < -0.3 is 4.57 Å². The molecule has 0 aliphatic rings. The Morgan fingerprint density at radius 2 is 1.82 bits per heavy atom. The number of thioether (sulfide) groups is 1. The number of rotatable bonds is 8. The molecule has 0 N–H and O–H groups in total. The third-order valence-corrected chi connectivity index (χ3v) is 5.70. The number of aromatic nitrogens is 3. The summed E-state index contributed by atoms with van der Waals surface area (Å²) in [5.74, 6) is 1.74. The van der Waals surface area contributed by atoms with Gasteiger partial charge in [-0.15, -0.1) is 10.2 Å². The van der Waals surface area contributed by atoms with Crippen LogP contribution < -0.4 is 0 Å². The maximum atomic E-state index is 9.11. The van der Waals surface area contributed by atoms with E-state index in [0.29, 0.717) is 5.56 Å². The van der Waals surface area contributed by atoms with Crippen LogP contribution in [0.5, 0.6) is 0 Å². The molecule has 0 bridgehead atoms. The number of nitrogens with zero attached hydrogens (tertiary/aromatic N) is 5. The number of hydrogen-bond donors (Lipinski definition) is 0. The summed E-state index contributed by atoms with van der Waals surface area (Å²) < 4.78 is 2.22. The smallest absolute Gasteiger partial charge is 0.191 e. The largest absolute Gasteiger partial charge is 0.300 e. The lowest BCUT2D eigenvalue weighted by Gasteiger charge is -2.23. The predicted octanol–water partition coefficient (Wildman–Crippen LogP) is 4.50. The lowest BCUT2D eigenvalue weighted by Crippen LogP contribution is -2.23. The Kier molecular flexibility index (Phi) is 6.85. The first-order chi connectivity index (χ1) is 13.6. The van der Waals surface area contributed by atoms with Crippen molar-refractivity contribution in [3.8, 4) is 6.07 Å². The van der Waals surface area contributed by atoms with Gasteiger partial charge in [0.1, 0.15) is 0 Å². The fourth-order valence-corrected chi connectivity index (χ4v) is 4.11. The van der Waals surface area contributed by atoms with Crippen molar-refractivity contribution in [3.63, 3.8) is 0 Å². The van der Waals surface area contributed by atoms with E-state index >= 15 is 0 Å². The minimum absolute atomic E-state index is 0.215. The number of benzene rings is 2. The maximum Gasteiger partial charge on any atom is 0.191 e. The summed E-state index contributed by atoms with van der Waals surface area (Å²) in [7, 11) is 4.16. The lowest BCUT2D eigenvalue weighted by molar-refractivity contribution is 0.272. The van der Waals surface area contributed by atoms with Gasteiger partial charge in [0.2, 0.25) is 0 Å². The molecular weight excluding hydrogens is 366 g/mol. The summed E-state index contributed by atoms with van der Waals surface area (Å²) in [4.78, 5) is 2.19. The summed E-state index contributed by atoms with van der Waals surface area (Å²) >= 11 is 1.66. The van der Waals surface area contributed by atoms with Crippen molar-refractivity contribution in [1.82, 2.24) is 19.7 Å². The van der Waals surface area contributed by atoms with Gasteiger partial charge >= 0.3 is 0 Å². The Morgan fingerprint density at radius 1 is 1.07 bits per heavy atom. The highest BCUT2D eigenvalue weighted by Crippen LogP contribution is 2.28. The maximum absolute atomic E-state index is 9.11. The van der Waals surface area contributed by atoms with Crippen LogP contribution in [0, 0.1) is 11.3 Å². The fourth-order valence-electron chi connectivity index (χ4n) is 3.23. The molecule has 0 unspecified atom stereocenters. The van der Waals surface area contributed by atoms with Gasteiger partial charge in [-0.25, -0.2) is 0 Å². The zero-order chi connectivity index (χ0) is 19.9. The van der Waals surface area contributed by atoms with Gasteiger partial charge in [0, 0.05) is 5.75 Å². The van der Waals surface area contributed by atoms with Crippen LogP contribution in [0.2, 0.25) is 0 Å². The molecule has 0 radical (unpaired) electrons. The third-order valence-electron chi connectivity index (χ3n) is 4.66.